The number of carboxylic acid groups (broad SMARTS) is 1. The van der Waals surface area contributed by atoms with Gasteiger partial charge in [-0.2, -0.15) is 18.2 Å². The summed E-state index contributed by atoms with van der Waals surface area (Å²) in [6.45, 7) is 0. The number of carbonyl (C=O) groups is 2. The van der Waals surface area contributed by atoms with Gasteiger partial charge in [0.05, 0.1) is 5.69 Å². The first-order valence-electron chi connectivity index (χ1n) is 8.30. The number of nitrogens with zero attached hydrogens (tertiary/aromatic N) is 2. The summed E-state index contributed by atoms with van der Waals surface area (Å²) in [5.74, 6) is -2.30. The number of benzene rings is 1. The third-order valence-electron chi connectivity index (χ3n) is 3.84. The summed E-state index contributed by atoms with van der Waals surface area (Å²) in [7, 11) is 1.49. The fourth-order valence-electron chi connectivity index (χ4n) is 2.42. The summed E-state index contributed by atoms with van der Waals surface area (Å²) in [4.78, 5) is 30.2. The second-order valence-corrected chi connectivity index (χ2v) is 6.74. The minimum atomic E-state index is -4.75. The SMILES string of the molecule is CNC(=O)c1ccc(Nc2ncc(C(F)(F)F)c(Nc3ccsc3C(=O)O)n2)cc1. The van der Waals surface area contributed by atoms with Crippen LogP contribution in [-0.4, -0.2) is 34.0 Å². The molecule has 0 fully saturated rings. The molecule has 30 heavy (non-hydrogen) atoms. The number of rotatable bonds is 6. The van der Waals surface area contributed by atoms with Crippen molar-refractivity contribution in [2.45, 2.75) is 6.18 Å². The van der Waals surface area contributed by atoms with Crippen LogP contribution in [0.3, 0.4) is 0 Å². The van der Waals surface area contributed by atoms with Gasteiger partial charge in [-0.1, -0.05) is 0 Å². The summed E-state index contributed by atoms with van der Waals surface area (Å²) >= 11 is 0.868. The average molecular weight is 437 g/mol. The minimum absolute atomic E-state index is 0.0161. The number of amides is 1. The van der Waals surface area contributed by atoms with Gasteiger partial charge in [0.25, 0.3) is 5.91 Å². The Balaban J connectivity index is 1.91. The zero-order valence-electron chi connectivity index (χ0n) is 15.2. The molecule has 0 aliphatic heterocycles. The molecule has 2 heterocycles. The van der Waals surface area contributed by atoms with Gasteiger partial charge >= 0.3 is 12.1 Å². The molecule has 0 unspecified atom stereocenters. The van der Waals surface area contributed by atoms with Crippen LogP contribution >= 0.6 is 11.3 Å². The van der Waals surface area contributed by atoms with Crippen molar-refractivity contribution in [1.29, 1.82) is 0 Å². The van der Waals surface area contributed by atoms with E-state index in [0.717, 1.165) is 11.3 Å². The molecule has 2 aromatic heterocycles. The molecule has 0 aliphatic carbocycles. The van der Waals surface area contributed by atoms with Crippen molar-refractivity contribution in [2.75, 3.05) is 17.7 Å². The number of aromatic nitrogens is 2. The Labute approximate surface area is 171 Å². The molecule has 156 valence electrons. The van der Waals surface area contributed by atoms with E-state index in [9.17, 15) is 22.8 Å². The summed E-state index contributed by atoms with van der Waals surface area (Å²) in [6, 6.07) is 7.48. The van der Waals surface area contributed by atoms with Crippen LogP contribution < -0.4 is 16.0 Å². The van der Waals surface area contributed by atoms with E-state index in [1.165, 1.54) is 30.6 Å². The maximum Gasteiger partial charge on any atom is 0.421 e. The summed E-state index contributed by atoms with van der Waals surface area (Å²) < 4.78 is 40.1. The molecule has 3 aromatic rings. The number of alkyl halides is 3. The van der Waals surface area contributed by atoms with Crippen LogP contribution in [0.25, 0.3) is 0 Å². The number of carbonyl (C=O) groups excluding carboxylic acids is 1. The molecule has 1 aromatic carbocycles. The summed E-state index contributed by atoms with van der Waals surface area (Å²) in [5.41, 5.74) is -0.323. The second-order valence-electron chi connectivity index (χ2n) is 5.83. The molecule has 0 spiro atoms. The third-order valence-corrected chi connectivity index (χ3v) is 4.74. The Kier molecular flexibility index (Phi) is 5.87. The zero-order valence-corrected chi connectivity index (χ0v) is 16.1. The number of anilines is 4. The van der Waals surface area contributed by atoms with Crippen LogP contribution in [0.1, 0.15) is 25.6 Å². The van der Waals surface area contributed by atoms with Crippen molar-refractivity contribution in [2.24, 2.45) is 0 Å². The van der Waals surface area contributed by atoms with Crippen LogP contribution in [0.2, 0.25) is 0 Å². The topological polar surface area (TPSA) is 116 Å². The highest BCUT2D eigenvalue weighted by Crippen LogP contribution is 2.36. The normalized spacial score (nSPS) is 11.1. The fourth-order valence-corrected chi connectivity index (χ4v) is 3.11. The van der Waals surface area contributed by atoms with Crippen LogP contribution in [0.5, 0.6) is 0 Å². The average Bonchev–Trinajstić information content (AvgIpc) is 3.15. The molecular weight excluding hydrogens is 423 g/mol. The predicted molar refractivity (Wildman–Crippen MR) is 105 cm³/mol. The molecule has 0 saturated carbocycles. The highest BCUT2D eigenvalue weighted by molar-refractivity contribution is 7.12. The first-order valence-corrected chi connectivity index (χ1v) is 9.18. The lowest BCUT2D eigenvalue weighted by atomic mass is 10.2. The molecule has 1 amide bonds. The quantitative estimate of drug-likeness (QED) is 0.459. The molecule has 4 N–H and O–H groups in total. The van der Waals surface area contributed by atoms with Crippen LogP contribution in [-0.2, 0) is 6.18 Å². The fraction of sp³-hybridized carbons (Fsp3) is 0.111. The van der Waals surface area contributed by atoms with Gasteiger partial charge in [-0.15, -0.1) is 11.3 Å². The van der Waals surface area contributed by atoms with Gasteiger partial charge in [-0.3, -0.25) is 4.79 Å². The van der Waals surface area contributed by atoms with E-state index in [0.29, 0.717) is 17.4 Å². The number of nitrogens with one attached hydrogen (secondary N) is 3. The monoisotopic (exact) mass is 437 g/mol. The van der Waals surface area contributed by atoms with Crippen molar-refractivity contribution in [1.82, 2.24) is 15.3 Å². The first kappa shape index (κ1) is 21.0. The number of carboxylic acids is 1. The van der Waals surface area contributed by atoms with Crippen molar-refractivity contribution < 1.29 is 27.9 Å². The lowest BCUT2D eigenvalue weighted by Gasteiger charge is -2.15. The van der Waals surface area contributed by atoms with E-state index in [1.807, 2.05) is 0 Å². The van der Waals surface area contributed by atoms with E-state index in [2.05, 4.69) is 25.9 Å². The van der Waals surface area contributed by atoms with Crippen molar-refractivity contribution >= 4 is 46.4 Å². The number of halogens is 3. The molecule has 12 heteroatoms. The lowest BCUT2D eigenvalue weighted by Crippen LogP contribution is -2.17. The Bertz CT molecular complexity index is 1080. The van der Waals surface area contributed by atoms with E-state index in [-0.39, 0.29) is 22.4 Å². The smallest absolute Gasteiger partial charge is 0.421 e. The first-order chi connectivity index (χ1) is 14.2. The molecule has 0 saturated heterocycles. The van der Waals surface area contributed by atoms with Gasteiger partial charge in [0, 0.05) is 24.5 Å². The van der Waals surface area contributed by atoms with E-state index in [4.69, 9.17) is 5.11 Å². The van der Waals surface area contributed by atoms with Gasteiger partial charge in [0.1, 0.15) is 16.3 Å². The Morgan fingerprint density at radius 2 is 1.80 bits per heavy atom. The van der Waals surface area contributed by atoms with E-state index < -0.39 is 23.5 Å². The zero-order chi connectivity index (χ0) is 21.9. The highest BCUT2D eigenvalue weighted by atomic mass is 32.1. The summed E-state index contributed by atoms with van der Waals surface area (Å²) in [5, 5.41) is 18.3. The highest BCUT2D eigenvalue weighted by Gasteiger charge is 2.35. The lowest BCUT2D eigenvalue weighted by molar-refractivity contribution is -0.137. The van der Waals surface area contributed by atoms with Crippen molar-refractivity contribution in [3.05, 3.63) is 57.9 Å². The van der Waals surface area contributed by atoms with Gasteiger partial charge in [0.2, 0.25) is 5.95 Å². The maximum absolute atomic E-state index is 13.4. The standard InChI is InChI=1S/C18H14F3N5O3S/c1-22-15(27)9-2-4-10(5-3-9)24-17-23-8-11(18(19,20)21)14(26-17)25-12-6-7-30-13(12)16(28)29/h2-8H,1H3,(H,22,27)(H,28,29)(H2,23,24,25,26). The van der Waals surface area contributed by atoms with Gasteiger partial charge in [0.15, 0.2) is 0 Å². The number of hydrogen-bond donors (Lipinski definition) is 4. The number of thiophene rings is 1. The second kappa shape index (κ2) is 8.37. The van der Waals surface area contributed by atoms with Crippen molar-refractivity contribution in [3.63, 3.8) is 0 Å². The Morgan fingerprint density at radius 1 is 1.10 bits per heavy atom. The molecule has 3 rings (SSSR count). The van der Waals surface area contributed by atoms with Crippen LogP contribution in [0, 0.1) is 0 Å². The van der Waals surface area contributed by atoms with Crippen molar-refractivity contribution in [3.8, 4) is 0 Å². The number of hydrogen-bond acceptors (Lipinski definition) is 7. The molecule has 0 atom stereocenters. The predicted octanol–water partition coefficient (Wildman–Crippen LogP) is 4.10. The summed E-state index contributed by atoms with van der Waals surface area (Å²) in [6.07, 6.45) is -4.15. The number of aromatic carboxylic acids is 1. The van der Waals surface area contributed by atoms with E-state index in [1.54, 1.807) is 12.1 Å². The Morgan fingerprint density at radius 3 is 2.40 bits per heavy atom. The van der Waals surface area contributed by atoms with Gasteiger partial charge < -0.3 is 21.1 Å². The minimum Gasteiger partial charge on any atom is -0.477 e. The Hall–Kier alpha value is -3.67. The molecule has 0 bridgehead atoms. The van der Waals surface area contributed by atoms with Crippen LogP contribution in [0.15, 0.2) is 41.9 Å². The van der Waals surface area contributed by atoms with Gasteiger partial charge in [-0.25, -0.2) is 9.78 Å². The van der Waals surface area contributed by atoms with Gasteiger partial charge in [-0.05, 0) is 35.7 Å². The largest absolute Gasteiger partial charge is 0.477 e. The van der Waals surface area contributed by atoms with Crippen LogP contribution in [0.4, 0.5) is 36.3 Å². The maximum atomic E-state index is 13.4. The molecule has 0 radical (unpaired) electrons. The molecular formula is C18H14F3N5O3S. The molecule has 8 nitrogen and oxygen atoms in total. The van der Waals surface area contributed by atoms with E-state index >= 15 is 0 Å². The molecule has 0 aliphatic rings. The third kappa shape index (κ3) is 4.66.